The van der Waals surface area contributed by atoms with Gasteiger partial charge in [-0.05, 0) is 42.8 Å². The van der Waals surface area contributed by atoms with Crippen LogP contribution in [0.15, 0.2) is 53.0 Å². The summed E-state index contributed by atoms with van der Waals surface area (Å²) in [6.07, 6.45) is 0. The molecule has 4 nitrogen and oxygen atoms in total. The lowest BCUT2D eigenvalue weighted by molar-refractivity contribution is 0.0947. The van der Waals surface area contributed by atoms with Crippen LogP contribution in [0.1, 0.15) is 33.2 Å². The first-order valence-electron chi connectivity index (χ1n) is 7.01. The summed E-state index contributed by atoms with van der Waals surface area (Å²) in [5, 5.41) is 5.60. The molecule has 0 aliphatic rings. The van der Waals surface area contributed by atoms with Gasteiger partial charge in [-0.2, -0.15) is 0 Å². The molecule has 0 saturated heterocycles. The zero-order chi connectivity index (χ0) is 15.9. The second-order valence-corrected chi connectivity index (χ2v) is 5.67. The van der Waals surface area contributed by atoms with Gasteiger partial charge in [0.05, 0.1) is 0 Å². The van der Waals surface area contributed by atoms with Crippen LogP contribution in [0.5, 0.6) is 0 Å². The van der Waals surface area contributed by atoms with Crippen LogP contribution >= 0.6 is 15.9 Å². The van der Waals surface area contributed by atoms with Gasteiger partial charge in [0.25, 0.3) is 11.8 Å². The standard InChI is InChI=1S/C17H17BrN2O2/c1-2-19-16(21)13-6-3-5-12(9-13)11-20-17(22)14-7-4-8-15(18)10-14/h3-10H,2,11H2,1H3,(H,19,21)(H,20,22). The Morgan fingerprint density at radius 2 is 1.59 bits per heavy atom. The molecule has 22 heavy (non-hydrogen) atoms. The molecule has 2 N–H and O–H groups in total. The SMILES string of the molecule is CCNC(=O)c1cccc(CNC(=O)c2cccc(Br)c2)c1. The molecule has 0 fully saturated rings. The molecule has 0 aliphatic heterocycles. The van der Waals surface area contributed by atoms with Crippen LogP contribution < -0.4 is 10.6 Å². The van der Waals surface area contributed by atoms with Crippen molar-refractivity contribution >= 4 is 27.7 Å². The van der Waals surface area contributed by atoms with E-state index < -0.39 is 0 Å². The zero-order valence-corrected chi connectivity index (χ0v) is 13.8. The first kappa shape index (κ1) is 16.2. The fourth-order valence-electron chi connectivity index (χ4n) is 2.00. The molecule has 0 aromatic heterocycles. The van der Waals surface area contributed by atoms with E-state index in [0.29, 0.717) is 24.2 Å². The first-order valence-corrected chi connectivity index (χ1v) is 7.80. The van der Waals surface area contributed by atoms with Gasteiger partial charge in [-0.3, -0.25) is 9.59 Å². The van der Waals surface area contributed by atoms with Gasteiger partial charge in [-0.25, -0.2) is 0 Å². The normalized spacial score (nSPS) is 10.1. The molecule has 0 saturated carbocycles. The van der Waals surface area contributed by atoms with Gasteiger partial charge in [0.15, 0.2) is 0 Å². The van der Waals surface area contributed by atoms with Gasteiger partial charge >= 0.3 is 0 Å². The summed E-state index contributed by atoms with van der Waals surface area (Å²) in [7, 11) is 0. The van der Waals surface area contributed by atoms with Crippen molar-refractivity contribution in [3.05, 3.63) is 69.7 Å². The highest BCUT2D eigenvalue weighted by Crippen LogP contribution is 2.12. The van der Waals surface area contributed by atoms with Crippen molar-refractivity contribution in [1.29, 1.82) is 0 Å². The molecular formula is C17H17BrN2O2. The molecule has 5 heteroatoms. The van der Waals surface area contributed by atoms with Crippen molar-refractivity contribution in [2.24, 2.45) is 0 Å². The third kappa shape index (κ3) is 4.43. The first-order chi connectivity index (χ1) is 10.6. The highest BCUT2D eigenvalue weighted by atomic mass is 79.9. The Morgan fingerprint density at radius 1 is 0.955 bits per heavy atom. The predicted octanol–water partition coefficient (Wildman–Crippen LogP) is 3.13. The number of hydrogen-bond donors (Lipinski definition) is 2. The quantitative estimate of drug-likeness (QED) is 0.860. The van der Waals surface area contributed by atoms with Crippen molar-refractivity contribution in [2.75, 3.05) is 6.54 Å². The number of amides is 2. The summed E-state index contributed by atoms with van der Waals surface area (Å²) in [5.41, 5.74) is 2.07. The summed E-state index contributed by atoms with van der Waals surface area (Å²) in [6, 6.07) is 14.4. The maximum absolute atomic E-state index is 12.1. The van der Waals surface area contributed by atoms with Crippen molar-refractivity contribution in [3.63, 3.8) is 0 Å². The van der Waals surface area contributed by atoms with Crippen LogP contribution in [-0.4, -0.2) is 18.4 Å². The number of halogens is 1. The maximum atomic E-state index is 12.1. The second kappa shape index (κ2) is 7.75. The van der Waals surface area contributed by atoms with E-state index in [0.717, 1.165) is 10.0 Å². The van der Waals surface area contributed by atoms with Crippen molar-refractivity contribution in [2.45, 2.75) is 13.5 Å². The molecule has 0 radical (unpaired) electrons. The molecule has 114 valence electrons. The lowest BCUT2D eigenvalue weighted by Crippen LogP contribution is -2.24. The second-order valence-electron chi connectivity index (χ2n) is 4.75. The van der Waals surface area contributed by atoms with Crippen LogP contribution in [-0.2, 0) is 6.54 Å². The summed E-state index contributed by atoms with van der Waals surface area (Å²) in [6.45, 7) is 2.83. The molecule has 0 atom stereocenters. The third-order valence-corrected chi connectivity index (χ3v) is 3.56. The molecule has 0 unspecified atom stereocenters. The smallest absolute Gasteiger partial charge is 0.251 e. The largest absolute Gasteiger partial charge is 0.352 e. The van der Waals surface area contributed by atoms with E-state index in [-0.39, 0.29) is 11.8 Å². The summed E-state index contributed by atoms with van der Waals surface area (Å²) >= 11 is 3.34. The van der Waals surface area contributed by atoms with E-state index in [9.17, 15) is 9.59 Å². The Labute approximate surface area is 138 Å². The molecule has 0 aliphatic carbocycles. The van der Waals surface area contributed by atoms with Gasteiger partial charge < -0.3 is 10.6 Å². The molecule has 0 bridgehead atoms. The number of benzene rings is 2. The Morgan fingerprint density at radius 3 is 2.27 bits per heavy atom. The average Bonchev–Trinajstić information content (AvgIpc) is 2.53. The Balaban J connectivity index is 2.01. The molecule has 0 heterocycles. The minimum atomic E-state index is -0.148. The van der Waals surface area contributed by atoms with Gasteiger partial charge in [-0.15, -0.1) is 0 Å². The minimum absolute atomic E-state index is 0.109. The predicted molar refractivity (Wildman–Crippen MR) is 89.8 cm³/mol. The van der Waals surface area contributed by atoms with Crippen molar-refractivity contribution in [1.82, 2.24) is 10.6 Å². The van der Waals surface area contributed by atoms with E-state index in [2.05, 4.69) is 26.6 Å². The van der Waals surface area contributed by atoms with Crippen LogP contribution in [0.4, 0.5) is 0 Å². The molecule has 2 rings (SSSR count). The number of carbonyl (C=O) groups excluding carboxylic acids is 2. The lowest BCUT2D eigenvalue weighted by atomic mass is 10.1. The van der Waals surface area contributed by atoms with E-state index in [1.807, 2.05) is 31.2 Å². The Kier molecular flexibility index (Phi) is 5.72. The van der Waals surface area contributed by atoms with Crippen LogP contribution in [0.3, 0.4) is 0 Å². The highest BCUT2D eigenvalue weighted by Gasteiger charge is 2.07. The van der Waals surface area contributed by atoms with Crippen LogP contribution in [0.2, 0.25) is 0 Å². The van der Waals surface area contributed by atoms with E-state index >= 15 is 0 Å². The Hall–Kier alpha value is -2.14. The maximum Gasteiger partial charge on any atom is 0.251 e. The van der Waals surface area contributed by atoms with E-state index in [4.69, 9.17) is 0 Å². The number of rotatable bonds is 5. The number of nitrogens with one attached hydrogen (secondary N) is 2. The van der Waals surface area contributed by atoms with Crippen molar-refractivity contribution in [3.8, 4) is 0 Å². The fraction of sp³-hybridized carbons (Fsp3) is 0.176. The summed E-state index contributed by atoms with van der Waals surface area (Å²) in [5.74, 6) is -0.257. The van der Waals surface area contributed by atoms with E-state index in [1.165, 1.54) is 0 Å². The van der Waals surface area contributed by atoms with Crippen LogP contribution in [0.25, 0.3) is 0 Å². The molecule has 2 aromatic carbocycles. The Bertz CT molecular complexity index is 686. The molecule has 2 aromatic rings. The average molecular weight is 361 g/mol. The topological polar surface area (TPSA) is 58.2 Å². The number of hydrogen-bond acceptors (Lipinski definition) is 2. The zero-order valence-electron chi connectivity index (χ0n) is 12.2. The van der Waals surface area contributed by atoms with Gasteiger partial charge in [0, 0.05) is 28.7 Å². The van der Waals surface area contributed by atoms with E-state index in [1.54, 1.807) is 24.3 Å². The van der Waals surface area contributed by atoms with Gasteiger partial charge in [-0.1, -0.05) is 34.1 Å². The number of carbonyl (C=O) groups is 2. The lowest BCUT2D eigenvalue weighted by Gasteiger charge is -2.08. The molecular weight excluding hydrogens is 344 g/mol. The summed E-state index contributed by atoms with van der Waals surface area (Å²) in [4.78, 5) is 23.9. The highest BCUT2D eigenvalue weighted by molar-refractivity contribution is 9.10. The van der Waals surface area contributed by atoms with Gasteiger partial charge in [0.2, 0.25) is 0 Å². The molecule has 2 amide bonds. The molecule has 0 spiro atoms. The van der Waals surface area contributed by atoms with Crippen molar-refractivity contribution < 1.29 is 9.59 Å². The third-order valence-electron chi connectivity index (χ3n) is 3.07. The fourth-order valence-corrected chi connectivity index (χ4v) is 2.40. The summed E-state index contributed by atoms with van der Waals surface area (Å²) < 4.78 is 0.860. The minimum Gasteiger partial charge on any atom is -0.352 e. The van der Waals surface area contributed by atoms with Gasteiger partial charge in [0.1, 0.15) is 0 Å². The van der Waals surface area contributed by atoms with Crippen LogP contribution in [0, 0.1) is 0 Å². The monoisotopic (exact) mass is 360 g/mol.